The number of nitrogens with one attached hydrogen (secondary N) is 1. The lowest BCUT2D eigenvalue weighted by molar-refractivity contribution is 0.160. The van der Waals surface area contributed by atoms with Crippen molar-refractivity contribution < 1.29 is 5.11 Å². The smallest absolute Gasteiger partial charge is 0.228 e. The maximum atomic E-state index is 9.06. The first-order valence-electron chi connectivity index (χ1n) is 7.54. The summed E-state index contributed by atoms with van der Waals surface area (Å²) in [7, 11) is 0. The van der Waals surface area contributed by atoms with E-state index in [1.807, 2.05) is 6.20 Å². The molecule has 2 aromatic heterocycles. The second kappa shape index (κ2) is 7.24. The molecule has 1 fully saturated rings. The highest BCUT2D eigenvalue weighted by Gasteiger charge is 2.22. The first kappa shape index (κ1) is 14.8. The summed E-state index contributed by atoms with van der Waals surface area (Å²) in [5, 5.41) is 12.1. The summed E-state index contributed by atoms with van der Waals surface area (Å²) in [5.41, 5.74) is 1.00. The summed E-state index contributed by atoms with van der Waals surface area (Å²) in [5.74, 6) is 1.53. The fourth-order valence-electron chi connectivity index (χ4n) is 2.73. The molecule has 0 aromatic carbocycles. The van der Waals surface area contributed by atoms with E-state index in [0.29, 0.717) is 17.7 Å². The van der Waals surface area contributed by atoms with Crippen LogP contribution in [-0.2, 0) is 0 Å². The molecule has 0 radical (unpaired) electrons. The number of aromatic nitrogens is 4. The van der Waals surface area contributed by atoms with Crippen molar-refractivity contribution >= 4 is 11.8 Å². The van der Waals surface area contributed by atoms with Gasteiger partial charge in [0.1, 0.15) is 0 Å². The highest BCUT2D eigenvalue weighted by molar-refractivity contribution is 5.45. The average Bonchev–Trinajstić information content (AvgIpc) is 2.57. The monoisotopic (exact) mass is 300 g/mol. The predicted octanol–water partition coefficient (Wildman–Crippen LogP) is 1.18. The van der Waals surface area contributed by atoms with Crippen molar-refractivity contribution in [3.8, 4) is 0 Å². The van der Waals surface area contributed by atoms with E-state index in [-0.39, 0.29) is 6.61 Å². The van der Waals surface area contributed by atoms with Gasteiger partial charge in [0.15, 0.2) is 5.82 Å². The molecule has 0 bridgehead atoms. The first-order valence-corrected chi connectivity index (χ1v) is 7.54. The van der Waals surface area contributed by atoms with Gasteiger partial charge in [-0.2, -0.15) is 0 Å². The molecule has 3 rings (SSSR count). The zero-order valence-corrected chi connectivity index (χ0v) is 12.4. The summed E-state index contributed by atoms with van der Waals surface area (Å²) in [6.45, 7) is 2.92. The van der Waals surface area contributed by atoms with Crippen molar-refractivity contribution in [1.82, 2.24) is 24.8 Å². The third-order valence-corrected chi connectivity index (χ3v) is 3.82. The van der Waals surface area contributed by atoms with Crippen molar-refractivity contribution in [3.63, 3.8) is 0 Å². The van der Waals surface area contributed by atoms with Crippen molar-refractivity contribution in [2.45, 2.75) is 18.8 Å². The minimum Gasteiger partial charge on any atom is -0.395 e. The SMILES string of the molecule is OCCN1CCCC(c2cnc(Nc3ncccn3)cn2)C1. The van der Waals surface area contributed by atoms with E-state index in [1.54, 1.807) is 24.7 Å². The number of anilines is 2. The van der Waals surface area contributed by atoms with Gasteiger partial charge in [-0.25, -0.2) is 15.0 Å². The highest BCUT2D eigenvalue weighted by atomic mass is 16.3. The Morgan fingerprint density at radius 2 is 2.05 bits per heavy atom. The van der Waals surface area contributed by atoms with Crippen LogP contribution in [0, 0.1) is 0 Å². The largest absolute Gasteiger partial charge is 0.395 e. The molecule has 3 heterocycles. The molecule has 1 saturated heterocycles. The van der Waals surface area contributed by atoms with E-state index in [1.165, 1.54) is 0 Å². The van der Waals surface area contributed by atoms with Crippen LogP contribution >= 0.6 is 0 Å². The maximum absolute atomic E-state index is 9.06. The van der Waals surface area contributed by atoms with E-state index >= 15 is 0 Å². The number of β-amino-alcohol motifs (C(OH)–C–C–N with tert-alkyl or cyclic N) is 1. The molecule has 1 unspecified atom stereocenters. The Kier molecular flexibility index (Phi) is 4.87. The van der Waals surface area contributed by atoms with Gasteiger partial charge in [-0.1, -0.05) is 0 Å². The van der Waals surface area contributed by atoms with Gasteiger partial charge in [0, 0.05) is 31.4 Å². The lowest BCUT2D eigenvalue weighted by Gasteiger charge is -2.31. The molecular formula is C15H20N6O. The van der Waals surface area contributed by atoms with Crippen molar-refractivity contribution in [1.29, 1.82) is 0 Å². The predicted molar refractivity (Wildman–Crippen MR) is 82.8 cm³/mol. The van der Waals surface area contributed by atoms with E-state index in [2.05, 4.69) is 30.2 Å². The Hall–Kier alpha value is -2.12. The molecule has 0 aliphatic carbocycles. The second-order valence-corrected chi connectivity index (χ2v) is 5.39. The average molecular weight is 300 g/mol. The first-order chi connectivity index (χ1) is 10.8. The molecule has 1 atom stereocenters. The van der Waals surface area contributed by atoms with Gasteiger partial charge in [-0.15, -0.1) is 0 Å². The lowest BCUT2D eigenvalue weighted by atomic mass is 9.95. The number of aliphatic hydroxyl groups is 1. The van der Waals surface area contributed by atoms with Gasteiger partial charge in [-0.3, -0.25) is 4.98 Å². The Balaban J connectivity index is 1.63. The van der Waals surface area contributed by atoms with Crippen LogP contribution in [0.25, 0.3) is 0 Å². The minimum absolute atomic E-state index is 0.207. The van der Waals surface area contributed by atoms with Gasteiger partial charge in [0.25, 0.3) is 0 Å². The Bertz CT molecular complexity index is 574. The van der Waals surface area contributed by atoms with Crippen LogP contribution in [0.3, 0.4) is 0 Å². The fourth-order valence-corrected chi connectivity index (χ4v) is 2.73. The van der Waals surface area contributed by atoms with Gasteiger partial charge >= 0.3 is 0 Å². The van der Waals surface area contributed by atoms with Crippen molar-refractivity contribution in [2.75, 3.05) is 31.6 Å². The quantitative estimate of drug-likeness (QED) is 0.857. The number of rotatable bonds is 5. The van der Waals surface area contributed by atoms with Crippen LogP contribution in [0.5, 0.6) is 0 Å². The molecule has 0 saturated carbocycles. The summed E-state index contributed by atoms with van der Waals surface area (Å²) in [4.78, 5) is 19.4. The summed E-state index contributed by atoms with van der Waals surface area (Å²) >= 11 is 0. The molecule has 7 nitrogen and oxygen atoms in total. The van der Waals surface area contributed by atoms with Gasteiger partial charge < -0.3 is 15.3 Å². The van der Waals surface area contributed by atoms with Gasteiger partial charge in [-0.05, 0) is 25.5 Å². The molecule has 116 valence electrons. The molecule has 2 N–H and O–H groups in total. The van der Waals surface area contributed by atoms with Crippen LogP contribution in [0.15, 0.2) is 30.9 Å². The number of hydrogen-bond donors (Lipinski definition) is 2. The molecule has 22 heavy (non-hydrogen) atoms. The Morgan fingerprint density at radius 1 is 1.18 bits per heavy atom. The molecule has 1 aliphatic heterocycles. The lowest BCUT2D eigenvalue weighted by Crippen LogP contribution is -2.36. The number of aliphatic hydroxyl groups excluding tert-OH is 1. The summed E-state index contributed by atoms with van der Waals surface area (Å²) in [6.07, 6.45) is 9.13. The third kappa shape index (κ3) is 3.75. The number of piperidine rings is 1. The van der Waals surface area contributed by atoms with Crippen LogP contribution in [-0.4, -0.2) is 56.2 Å². The molecular weight excluding hydrogens is 280 g/mol. The maximum Gasteiger partial charge on any atom is 0.228 e. The zero-order chi connectivity index (χ0) is 15.2. The van der Waals surface area contributed by atoms with E-state index in [9.17, 15) is 0 Å². The van der Waals surface area contributed by atoms with Crippen molar-refractivity contribution in [3.05, 3.63) is 36.5 Å². The standard InChI is InChI=1S/C15H20N6O/c22-8-7-21-6-1-3-12(11-21)13-9-19-14(10-18-13)20-15-16-4-2-5-17-15/h2,4-5,9-10,12,22H,1,3,6-8,11H2,(H,16,17,19,20). The second-order valence-electron chi connectivity index (χ2n) is 5.39. The number of likely N-dealkylation sites (tertiary alicyclic amines) is 1. The normalized spacial score (nSPS) is 19.0. The topological polar surface area (TPSA) is 87.1 Å². The molecule has 1 aliphatic rings. The van der Waals surface area contributed by atoms with Gasteiger partial charge in [0.05, 0.1) is 24.7 Å². The van der Waals surface area contributed by atoms with Gasteiger partial charge in [0.2, 0.25) is 5.95 Å². The van der Waals surface area contributed by atoms with Crippen LogP contribution < -0.4 is 5.32 Å². The van der Waals surface area contributed by atoms with E-state index in [4.69, 9.17) is 5.11 Å². The van der Waals surface area contributed by atoms with Crippen LogP contribution in [0.1, 0.15) is 24.5 Å². The van der Waals surface area contributed by atoms with E-state index in [0.717, 1.165) is 38.2 Å². The summed E-state index contributed by atoms with van der Waals surface area (Å²) in [6, 6.07) is 1.77. The Labute approximate surface area is 129 Å². The van der Waals surface area contributed by atoms with Crippen LogP contribution in [0.4, 0.5) is 11.8 Å². The van der Waals surface area contributed by atoms with Crippen LogP contribution in [0.2, 0.25) is 0 Å². The fraction of sp³-hybridized carbons (Fsp3) is 0.467. The molecule has 7 heteroatoms. The molecule has 0 spiro atoms. The third-order valence-electron chi connectivity index (χ3n) is 3.82. The van der Waals surface area contributed by atoms with E-state index < -0.39 is 0 Å². The Morgan fingerprint density at radius 3 is 2.77 bits per heavy atom. The summed E-state index contributed by atoms with van der Waals surface area (Å²) < 4.78 is 0. The van der Waals surface area contributed by atoms with Crippen molar-refractivity contribution in [2.24, 2.45) is 0 Å². The number of nitrogens with zero attached hydrogens (tertiary/aromatic N) is 5. The minimum atomic E-state index is 0.207. The number of hydrogen-bond acceptors (Lipinski definition) is 7. The zero-order valence-electron chi connectivity index (χ0n) is 12.4. The molecule has 2 aromatic rings. The highest BCUT2D eigenvalue weighted by Crippen LogP contribution is 2.25. The molecule has 0 amide bonds.